The van der Waals surface area contributed by atoms with Crippen LogP contribution in [0, 0.1) is 6.92 Å². The molecule has 9 heteroatoms. The van der Waals surface area contributed by atoms with Crippen molar-refractivity contribution in [3.8, 4) is 38.6 Å². The summed E-state index contributed by atoms with van der Waals surface area (Å²) >= 11 is 7.92. The number of nitrogens with zero attached hydrogens (tertiary/aromatic N) is 4. The molecule has 0 fully saturated rings. The number of carboxylic acid groups (broad SMARTS) is 1. The third-order valence-electron chi connectivity index (χ3n) is 6.45. The lowest BCUT2D eigenvalue weighted by Crippen LogP contribution is -2.23. The number of ether oxygens (including phenoxy) is 1. The second-order valence-corrected chi connectivity index (χ2v) is 12.5. The Hall–Kier alpha value is -4.01. The van der Waals surface area contributed by atoms with Crippen molar-refractivity contribution in [1.82, 2.24) is 15.0 Å². The molecule has 5 rings (SSSR count). The lowest BCUT2D eigenvalue weighted by Gasteiger charge is -2.24. The number of thiazole rings is 1. The van der Waals surface area contributed by atoms with Crippen LogP contribution in [0.3, 0.4) is 0 Å². The average Bonchev–Trinajstić information content (AvgIpc) is 3.32. The monoisotopic (exact) mass is 586 g/mol. The van der Waals surface area contributed by atoms with Gasteiger partial charge in [-0.05, 0) is 74.7 Å². The highest BCUT2D eigenvalue weighted by atomic mass is 35.5. The van der Waals surface area contributed by atoms with E-state index < -0.39 is 11.6 Å². The van der Waals surface area contributed by atoms with E-state index >= 15 is 0 Å². The van der Waals surface area contributed by atoms with Gasteiger partial charge in [-0.25, -0.2) is 15.0 Å². The van der Waals surface area contributed by atoms with E-state index in [0.717, 1.165) is 54.2 Å². The minimum Gasteiger partial charge on any atom is -0.487 e. The minimum absolute atomic E-state index is 0.125. The summed E-state index contributed by atoms with van der Waals surface area (Å²) in [5, 5.41) is 11.2. The number of anilines is 1. The maximum Gasteiger partial charge on any atom is 0.307 e. The van der Waals surface area contributed by atoms with Crippen LogP contribution in [-0.2, 0) is 11.2 Å². The number of aryl methyl sites for hydroxylation is 1. The van der Waals surface area contributed by atoms with Crippen LogP contribution in [0.2, 0.25) is 5.02 Å². The molecule has 7 nitrogen and oxygen atoms in total. The zero-order valence-corrected chi connectivity index (χ0v) is 25.4. The van der Waals surface area contributed by atoms with Gasteiger partial charge in [-0.1, -0.05) is 29.8 Å². The van der Waals surface area contributed by atoms with Gasteiger partial charge in [0.05, 0.1) is 16.6 Å². The molecular formula is C32H31ClN4O3S. The molecule has 0 aliphatic rings. The highest BCUT2D eigenvalue weighted by Gasteiger charge is 2.24. The number of aromatic nitrogens is 3. The zero-order valence-electron chi connectivity index (χ0n) is 23.8. The van der Waals surface area contributed by atoms with Crippen LogP contribution >= 0.6 is 22.9 Å². The molecule has 5 aromatic rings. The molecule has 0 unspecified atom stereocenters. The first-order valence-corrected chi connectivity index (χ1v) is 14.3. The lowest BCUT2D eigenvalue weighted by molar-refractivity contribution is -0.136. The van der Waals surface area contributed by atoms with Crippen molar-refractivity contribution in [1.29, 1.82) is 0 Å². The first-order valence-electron chi connectivity index (χ1n) is 13.1. The normalized spacial score (nSPS) is 11.6. The topological polar surface area (TPSA) is 88.4 Å². The van der Waals surface area contributed by atoms with Gasteiger partial charge < -0.3 is 14.7 Å². The first kappa shape index (κ1) is 28.5. The Bertz CT molecular complexity index is 1760. The summed E-state index contributed by atoms with van der Waals surface area (Å²) < 4.78 is 7.23. The summed E-state index contributed by atoms with van der Waals surface area (Å²) in [7, 11) is 3.81. The number of rotatable bonds is 7. The summed E-state index contributed by atoms with van der Waals surface area (Å²) in [5.74, 6) is 0.343. The number of aliphatic carboxylic acids is 1. The van der Waals surface area contributed by atoms with Crippen LogP contribution in [0.15, 0.2) is 60.9 Å². The minimum atomic E-state index is -0.902. The number of carboxylic acids is 1. The Morgan fingerprint density at radius 2 is 1.73 bits per heavy atom. The maximum absolute atomic E-state index is 12.0. The van der Waals surface area contributed by atoms with E-state index in [1.807, 2.05) is 89.4 Å². The van der Waals surface area contributed by atoms with Crippen LogP contribution in [0.1, 0.15) is 31.9 Å². The van der Waals surface area contributed by atoms with Crippen LogP contribution in [-0.4, -0.2) is 45.7 Å². The van der Waals surface area contributed by atoms with Crippen molar-refractivity contribution < 1.29 is 14.6 Å². The van der Waals surface area contributed by atoms with Crippen molar-refractivity contribution in [3.05, 3.63) is 77.1 Å². The molecule has 3 aromatic carbocycles. The van der Waals surface area contributed by atoms with E-state index in [1.54, 1.807) is 12.1 Å². The Morgan fingerprint density at radius 3 is 2.39 bits per heavy atom. The molecule has 0 spiro atoms. The molecule has 0 aliphatic heterocycles. The molecule has 0 amide bonds. The summed E-state index contributed by atoms with van der Waals surface area (Å²) in [6.45, 7) is 7.84. The third kappa shape index (κ3) is 6.19. The second-order valence-electron chi connectivity index (χ2n) is 11.1. The van der Waals surface area contributed by atoms with Crippen molar-refractivity contribution in [2.75, 3.05) is 19.0 Å². The standard InChI is InChI=1S/C32H31ClN4O3S/c1-18-12-25-29(28(24(18)15-27(38)39)23-11-10-22(33)14-26(23)40-32(2,3)4)41-30(36-25)20-9-7-8-19(13-20)21-16-34-31(35-17-21)37(5)6/h7-14,16-17H,15H2,1-6H3,(H,38,39). The lowest BCUT2D eigenvalue weighted by atomic mass is 9.92. The van der Waals surface area contributed by atoms with Gasteiger partial charge in [0.15, 0.2) is 0 Å². The van der Waals surface area contributed by atoms with Gasteiger partial charge in [0.2, 0.25) is 5.95 Å². The fraction of sp³-hybridized carbons (Fsp3) is 0.250. The molecule has 0 bridgehead atoms. The van der Waals surface area contributed by atoms with E-state index in [9.17, 15) is 9.90 Å². The van der Waals surface area contributed by atoms with Gasteiger partial charge in [-0.15, -0.1) is 11.3 Å². The van der Waals surface area contributed by atoms with Gasteiger partial charge in [0.25, 0.3) is 0 Å². The van der Waals surface area contributed by atoms with E-state index in [1.165, 1.54) is 11.3 Å². The molecule has 210 valence electrons. The smallest absolute Gasteiger partial charge is 0.307 e. The molecule has 0 aliphatic carbocycles. The molecule has 0 saturated carbocycles. The summed E-state index contributed by atoms with van der Waals surface area (Å²) in [6.07, 6.45) is 3.51. The summed E-state index contributed by atoms with van der Waals surface area (Å²) in [4.78, 5) is 27.8. The fourth-order valence-corrected chi connectivity index (χ4v) is 5.96. The number of benzene rings is 3. The highest BCUT2D eigenvalue weighted by molar-refractivity contribution is 7.22. The third-order valence-corrected chi connectivity index (χ3v) is 7.82. The number of halogens is 1. The summed E-state index contributed by atoms with van der Waals surface area (Å²) in [5.41, 5.74) is 6.34. The largest absolute Gasteiger partial charge is 0.487 e. The quantitative estimate of drug-likeness (QED) is 0.207. The summed E-state index contributed by atoms with van der Waals surface area (Å²) in [6, 6.07) is 15.6. The van der Waals surface area contributed by atoms with Gasteiger partial charge >= 0.3 is 5.97 Å². The molecule has 41 heavy (non-hydrogen) atoms. The zero-order chi connectivity index (χ0) is 29.5. The molecule has 0 saturated heterocycles. The van der Waals surface area contributed by atoms with Crippen LogP contribution in [0.4, 0.5) is 5.95 Å². The number of hydrogen-bond donors (Lipinski definition) is 1. The average molecular weight is 587 g/mol. The molecule has 2 aromatic heterocycles. The molecule has 1 N–H and O–H groups in total. The van der Waals surface area contributed by atoms with Crippen molar-refractivity contribution in [3.63, 3.8) is 0 Å². The van der Waals surface area contributed by atoms with Crippen molar-refractivity contribution >= 4 is 45.1 Å². The Labute approximate surface area is 248 Å². The number of hydrogen-bond acceptors (Lipinski definition) is 7. The van der Waals surface area contributed by atoms with Gasteiger partial charge in [-0.2, -0.15) is 0 Å². The number of fused-ring (bicyclic) bond motifs is 1. The van der Waals surface area contributed by atoms with Crippen LogP contribution in [0.25, 0.3) is 43.0 Å². The van der Waals surface area contributed by atoms with Gasteiger partial charge in [0, 0.05) is 53.8 Å². The van der Waals surface area contributed by atoms with Crippen molar-refractivity contribution in [2.24, 2.45) is 0 Å². The van der Waals surface area contributed by atoms with E-state index in [0.29, 0.717) is 16.7 Å². The second kappa shape index (κ2) is 11.1. The predicted molar refractivity (Wildman–Crippen MR) is 167 cm³/mol. The Morgan fingerprint density at radius 1 is 1.02 bits per heavy atom. The molecular weight excluding hydrogens is 556 g/mol. The molecule has 0 atom stereocenters. The predicted octanol–water partition coefficient (Wildman–Crippen LogP) is 7.92. The molecule has 2 heterocycles. The SMILES string of the molecule is Cc1cc2nc(-c3cccc(-c4cnc(N(C)C)nc4)c3)sc2c(-c2ccc(Cl)cc2OC(C)(C)C)c1CC(=O)O. The number of carbonyl (C=O) groups is 1. The molecule has 0 radical (unpaired) electrons. The van der Waals surface area contributed by atoms with Crippen molar-refractivity contribution in [2.45, 2.75) is 39.7 Å². The maximum atomic E-state index is 12.0. The van der Waals surface area contributed by atoms with Gasteiger partial charge in [0.1, 0.15) is 16.4 Å². The fourth-order valence-electron chi connectivity index (χ4n) is 4.67. The van der Waals surface area contributed by atoms with Gasteiger partial charge in [-0.3, -0.25) is 4.79 Å². The Balaban J connectivity index is 1.69. The van der Waals surface area contributed by atoms with Crippen LogP contribution < -0.4 is 9.64 Å². The van der Waals surface area contributed by atoms with E-state index in [4.69, 9.17) is 21.3 Å². The first-order chi connectivity index (χ1) is 19.4. The highest BCUT2D eigenvalue weighted by Crippen LogP contribution is 2.45. The Kier molecular flexibility index (Phi) is 7.72. The van der Waals surface area contributed by atoms with E-state index in [2.05, 4.69) is 16.0 Å². The van der Waals surface area contributed by atoms with Crippen LogP contribution in [0.5, 0.6) is 5.75 Å². The van der Waals surface area contributed by atoms with E-state index in [-0.39, 0.29) is 6.42 Å².